The largest absolute Gasteiger partial charge is 0.453 e. The SMILES string of the molecule is COC(=O)N[C@H](C(=O)N1CCC[C@H]1c1ncc(-c2ccc([C@H]3CC[C@H](c4cnc([C@@H]5CCCN5C(=O)[C@@H](c5ccccc5)N(C)C)[nH]4)CC3)cc2)[nH]1)C(C)C. The number of amides is 3. The highest BCUT2D eigenvalue weighted by Gasteiger charge is 2.39. The highest BCUT2D eigenvalue weighted by atomic mass is 16.5. The summed E-state index contributed by atoms with van der Waals surface area (Å²) in [7, 11) is 5.25. The number of alkyl carbamates (subject to hydrolysis) is 1. The Morgan fingerprint density at radius 3 is 2.00 bits per heavy atom. The van der Waals surface area contributed by atoms with Crippen molar-refractivity contribution in [1.29, 1.82) is 0 Å². The second-order valence-corrected chi connectivity index (χ2v) is 16.1. The number of aromatic nitrogens is 4. The van der Waals surface area contributed by atoms with Crippen molar-refractivity contribution in [2.75, 3.05) is 34.3 Å². The van der Waals surface area contributed by atoms with Gasteiger partial charge in [0.15, 0.2) is 0 Å². The first-order valence-electron chi connectivity index (χ1n) is 20.0. The van der Waals surface area contributed by atoms with Crippen LogP contribution in [0.4, 0.5) is 4.79 Å². The lowest BCUT2D eigenvalue weighted by molar-refractivity contribution is -0.137. The lowest BCUT2D eigenvalue weighted by Gasteiger charge is -2.31. The molecule has 2 saturated heterocycles. The molecule has 0 unspecified atom stereocenters. The van der Waals surface area contributed by atoms with E-state index in [9.17, 15) is 14.4 Å². The molecular weight excluding hydrogens is 693 g/mol. The Bertz CT molecular complexity index is 1910. The van der Waals surface area contributed by atoms with Gasteiger partial charge in [0.25, 0.3) is 0 Å². The van der Waals surface area contributed by atoms with Crippen LogP contribution in [0.2, 0.25) is 0 Å². The van der Waals surface area contributed by atoms with Gasteiger partial charge in [-0.25, -0.2) is 14.8 Å². The van der Waals surface area contributed by atoms with Crippen molar-refractivity contribution in [2.24, 2.45) is 5.92 Å². The fraction of sp³-hybridized carbons (Fsp3) is 0.512. The predicted octanol–water partition coefficient (Wildman–Crippen LogP) is 7.25. The topological polar surface area (TPSA) is 140 Å². The van der Waals surface area contributed by atoms with Crippen molar-refractivity contribution in [3.05, 3.63) is 95.5 Å². The van der Waals surface area contributed by atoms with Crippen molar-refractivity contribution in [1.82, 2.24) is 40.0 Å². The lowest BCUT2D eigenvalue weighted by atomic mass is 9.77. The molecule has 3 N–H and O–H groups in total. The van der Waals surface area contributed by atoms with Crippen LogP contribution in [-0.4, -0.2) is 92.9 Å². The van der Waals surface area contributed by atoms with Crippen LogP contribution in [0.1, 0.15) is 124 Å². The van der Waals surface area contributed by atoms with Gasteiger partial charge < -0.3 is 29.8 Å². The van der Waals surface area contributed by atoms with Gasteiger partial charge in [-0.2, -0.15) is 0 Å². The highest BCUT2D eigenvalue weighted by molar-refractivity contribution is 5.86. The summed E-state index contributed by atoms with van der Waals surface area (Å²) in [6.45, 7) is 5.21. The number of likely N-dealkylation sites (N-methyl/N-ethyl adjacent to an activating group) is 1. The minimum Gasteiger partial charge on any atom is -0.453 e. The lowest BCUT2D eigenvalue weighted by Crippen LogP contribution is -2.51. The number of aromatic amines is 2. The van der Waals surface area contributed by atoms with Crippen LogP contribution in [0.15, 0.2) is 67.0 Å². The van der Waals surface area contributed by atoms with Gasteiger partial charge in [0, 0.05) is 30.9 Å². The van der Waals surface area contributed by atoms with Gasteiger partial charge in [-0.15, -0.1) is 0 Å². The molecule has 4 atom stereocenters. The summed E-state index contributed by atoms with van der Waals surface area (Å²) in [6.07, 6.45) is 11.2. The van der Waals surface area contributed by atoms with E-state index in [1.165, 1.54) is 18.4 Å². The molecule has 1 saturated carbocycles. The molecule has 3 fully saturated rings. The van der Waals surface area contributed by atoms with E-state index < -0.39 is 12.1 Å². The number of rotatable bonds is 11. The van der Waals surface area contributed by atoms with Gasteiger partial charge in [0.1, 0.15) is 23.7 Å². The van der Waals surface area contributed by atoms with Gasteiger partial charge >= 0.3 is 6.09 Å². The fourth-order valence-electron chi connectivity index (χ4n) is 9.02. The molecule has 1 aliphatic carbocycles. The Morgan fingerprint density at radius 1 is 0.782 bits per heavy atom. The van der Waals surface area contributed by atoms with E-state index in [4.69, 9.17) is 14.7 Å². The predicted molar refractivity (Wildman–Crippen MR) is 211 cm³/mol. The third-order valence-electron chi connectivity index (χ3n) is 12.0. The molecule has 7 rings (SSSR count). The first-order chi connectivity index (χ1) is 26.6. The van der Waals surface area contributed by atoms with Crippen molar-refractivity contribution < 1.29 is 19.1 Å². The molecule has 0 bridgehead atoms. The number of H-pyrrole nitrogens is 2. The van der Waals surface area contributed by atoms with Gasteiger partial charge in [0.05, 0.1) is 31.1 Å². The van der Waals surface area contributed by atoms with E-state index in [0.29, 0.717) is 18.4 Å². The maximum absolute atomic E-state index is 13.9. The molecular formula is C43H56N8O4. The fourth-order valence-corrected chi connectivity index (χ4v) is 9.02. The molecule has 4 aromatic rings. The maximum atomic E-state index is 13.9. The van der Waals surface area contributed by atoms with Crippen LogP contribution < -0.4 is 5.32 Å². The Kier molecular flexibility index (Phi) is 11.7. The molecule has 4 heterocycles. The standard InChI is InChI=1S/C43H56N8O4/c1-27(2)37(48-43(54)55-5)41(52)50-23-9-13-35(50)39-44-25-33(46-39)30-19-15-28(16-20-30)29-17-21-31(22-18-29)34-26-45-40(47-34)36-14-10-24-51(36)42(53)38(49(3)4)32-11-7-6-8-12-32/h6-8,11-12,15-16,19-20,25-27,29,31,35-38H,9-10,13-14,17-18,21-24H2,1-5H3,(H,44,46)(H,45,47)(H,48,54)/t29-,31-,35-,36-,37-,38+/m0/s1. The quantitative estimate of drug-likeness (QED) is 0.147. The van der Waals surface area contributed by atoms with Gasteiger partial charge in [0.2, 0.25) is 11.8 Å². The van der Waals surface area contributed by atoms with Crippen molar-refractivity contribution in [3.8, 4) is 11.3 Å². The Hall–Kier alpha value is -4.97. The summed E-state index contributed by atoms with van der Waals surface area (Å²) < 4.78 is 4.77. The molecule has 12 nitrogen and oxygen atoms in total. The number of nitrogens with one attached hydrogen (secondary N) is 3. The van der Waals surface area contributed by atoms with Crippen LogP contribution in [0.5, 0.6) is 0 Å². The minimum atomic E-state index is -0.663. The molecule has 2 aromatic carbocycles. The third kappa shape index (κ3) is 8.20. The molecule has 2 aliphatic heterocycles. The summed E-state index contributed by atoms with van der Waals surface area (Å²) in [5.41, 5.74) is 5.54. The summed E-state index contributed by atoms with van der Waals surface area (Å²) >= 11 is 0. The zero-order valence-electron chi connectivity index (χ0n) is 32.8. The van der Waals surface area contributed by atoms with Gasteiger partial charge in [-0.05, 0) is 94.0 Å². The molecule has 2 aromatic heterocycles. The third-order valence-corrected chi connectivity index (χ3v) is 12.0. The van der Waals surface area contributed by atoms with E-state index in [-0.39, 0.29) is 35.9 Å². The Balaban J connectivity index is 0.949. The second kappa shape index (κ2) is 16.8. The Morgan fingerprint density at radius 2 is 1.38 bits per heavy atom. The van der Waals surface area contributed by atoms with Gasteiger partial charge in [-0.3, -0.25) is 14.5 Å². The Labute approximate surface area is 324 Å². The van der Waals surface area contributed by atoms with Crippen molar-refractivity contribution >= 4 is 17.9 Å². The number of ether oxygens (including phenoxy) is 1. The van der Waals surface area contributed by atoms with E-state index >= 15 is 0 Å². The highest BCUT2D eigenvalue weighted by Crippen LogP contribution is 2.42. The number of methoxy groups -OCH3 is 1. The van der Waals surface area contributed by atoms with E-state index in [2.05, 4.69) is 39.6 Å². The van der Waals surface area contributed by atoms with Crippen LogP contribution in [0.25, 0.3) is 11.3 Å². The molecule has 0 spiro atoms. The maximum Gasteiger partial charge on any atom is 0.407 e. The zero-order chi connectivity index (χ0) is 38.6. The van der Waals surface area contributed by atoms with Crippen molar-refractivity contribution in [2.45, 2.75) is 101 Å². The van der Waals surface area contributed by atoms with Gasteiger partial charge in [-0.1, -0.05) is 68.4 Å². The molecule has 292 valence electrons. The van der Waals surface area contributed by atoms with E-state index in [1.54, 1.807) is 0 Å². The number of hydrogen-bond acceptors (Lipinski definition) is 7. The number of nitrogens with zero attached hydrogens (tertiary/aromatic N) is 5. The van der Waals surface area contributed by atoms with E-state index in [0.717, 1.165) is 86.4 Å². The number of carbonyl (C=O) groups excluding carboxylic acids is 3. The number of carbonyl (C=O) groups is 3. The molecule has 0 radical (unpaired) electrons. The smallest absolute Gasteiger partial charge is 0.407 e. The zero-order valence-corrected chi connectivity index (χ0v) is 32.8. The first-order valence-corrected chi connectivity index (χ1v) is 20.0. The monoisotopic (exact) mass is 748 g/mol. The summed E-state index contributed by atoms with van der Waals surface area (Å²) in [5, 5.41) is 2.71. The van der Waals surface area contributed by atoms with Crippen LogP contribution in [0, 0.1) is 5.92 Å². The number of hydrogen-bond donors (Lipinski definition) is 3. The van der Waals surface area contributed by atoms with Crippen molar-refractivity contribution in [3.63, 3.8) is 0 Å². The van der Waals surface area contributed by atoms with Crippen LogP contribution in [-0.2, 0) is 14.3 Å². The minimum absolute atomic E-state index is 0.0274. The normalized spacial score (nSPS) is 22.6. The summed E-state index contributed by atoms with van der Waals surface area (Å²) in [4.78, 5) is 62.1. The average Bonchev–Trinajstić information content (AvgIpc) is 4.04. The number of likely N-dealkylation sites (tertiary alicyclic amines) is 2. The number of imidazole rings is 2. The average molecular weight is 749 g/mol. The molecule has 3 amide bonds. The summed E-state index contributed by atoms with van der Waals surface area (Å²) in [5.74, 6) is 2.54. The molecule has 55 heavy (non-hydrogen) atoms. The summed E-state index contributed by atoms with van der Waals surface area (Å²) in [6, 6.07) is 17.7. The second-order valence-electron chi connectivity index (χ2n) is 16.1. The van der Waals surface area contributed by atoms with Crippen LogP contribution >= 0.6 is 0 Å². The van der Waals surface area contributed by atoms with E-state index in [1.807, 2.05) is 85.4 Å². The molecule has 3 aliphatic rings. The molecule has 12 heteroatoms. The first kappa shape index (κ1) is 38.3. The van der Waals surface area contributed by atoms with Crippen LogP contribution in [0.3, 0.4) is 0 Å². The number of benzene rings is 2.